The predicted octanol–water partition coefficient (Wildman–Crippen LogP) is 0.625. The van der Waals surface area contributed by atoms with Crippen molar-refractivity contribution < 1.29 is 9.59 Å². The molecule has 5 N–H and O–H groups in total. The van der Waals surface area contributed by atoms with E-state index < -0.39 is 11.9 Å². The van der Waals surface area contributed by atoms with Gasteiger partial charge >= 0.3 is 6.03 Å². The summed E-state index contributed by atoms with van der Waals surface area (Å²) < 4.78 is 0. The molecule has 0 unspecified atom stereocenters. The molecule has 86 valence electrons. The molecule has 0 aliphatic rings. The van der Waals surface area contributed by atoms with Gasteiger partial charge in [0.05, 0.1) is 0 Å². The van der Waals surface area contributed by atoms with Crippen LogP contribution in [0, 0.1) is 0 Å². The first-order valence-electron chi connectivity index (χ1n) is 4.83. The van der Waals surface area contributed by atoms with E-state index in [0.29, 0.717) is 11.1 Å². The van der Waals surface area contributed by atoms with Gasteiger partial charge in [0.2, 0.25) is 0 Å². The highest BCUT2D eigenvalue weighted by Gasteiger charge is 2.14. The van der Waals surface area contributed by atoms with Crippen LogP contribution in [0.25, 0.3) is 10.8 Å². The number of fused-ring (bicyclic) bond motifs is 1. The Labute approximate surface area is 96.6 Å². The Balaban J connectivity index is 2.61. The van der Waals surface area contributed by atoms with Crippen molar-refractivity contribution in [1.29, 1.82) is 0 Å². The molecule has 1 aromatic carbocycles. The van der Waals surface area contributed by atoms with Crippen LogP contribution in [0.4, 0.5) is 10.5 Å². The second-order valence-electron chi connectivity index (χ2n) is 3.42. The van der Waals surface area contributed by atoms with Crippen LogP contribution in [0.5, 0.6) is 0 Å². The first-order valence-corrected chi connectivity index (χ1v) is 4.83. The van der Waals surface area contributed by atoms with Gasteiger partial charge in [-0.25, -0.2) is 4.79 Å². The number of rotatable bonds is 1. The van der Waals surface area contributed by atoms with Crippen LogP contribution in [-0.2, 0) is 0 Å². The van der Waals surface area contributed by atoms with Gasteiger partial charge < -0.3 is 11.5 Å². The predicted molar refractivity (Wildman–Crippen MR) is 63.2 cm³/mol. The highest BCUT2D eigenvalue weighted by molar-refractivity contribution is 6.13. The molecule has 0 spiro atoms. The highest BCUT2D eigenvalue weighted by atomic mass is 16.2. The van der Waals surface area contributed by atoms with Crippen molar-refractivity contribution in [2.75, 3.05) is 5.73 Å². The van der Waals surface area contributed by atoms with Crippen LogP contribution < -0.4 is 16.8 Å². The Morgan fingerprint density at radius 3 is 2.71 bits per heavy atom. The van der Waals surface area contributed by atoms with E-state index in [4.69, 9.17) is 11.5 Å². The lowest BCUT2D eigenvalue weighted by Crippen LogP contribution is -2.35. The summed E-state index contributed by atoms with van der Waals surface area (Å²) in [7, 11) is 0. The minimum Gasteiger partial charge on any atom is -0.398 e. The Kier molecular flexibility index (Phi) is 2.61. The number of urea groups is 1. The van der Waals surface area contributed by atoms with Gasteiger partial charge in [0.15, 0.2) is 0 Å². The number of nitrogens with two attached hydrogens (primary N) is 2. The Morgan fingerprint density at radius 2 is 2.00 bits per heavy atom. The molecule has 1 heterocycles. The normalized spacial score (nSPS) is 10.1. The van der Waals surface area contributed by atoms with E-state index in [2.05, 4.69) is 4.98 Å². The van der Waals surface area contributed by atoms with Crippen molar-refractivity contribution in [1.82, 2.24) is 10.3 Å². The molecular formula is C11H10N4O2. The summed E-state index contributed by atoms with van der Waals surface area (Å²) >= 11 is 0. The minimum absolute atomic E-state index is 0.0828. The Bertz CT molecular complexity index is 604. The molecule has 0 saturated carbocycles. The molecule has 0 atom stereocenters. The third kappa shape index (κ3) is 2.00. The lowest BCUT2D eigenvalue weighted by molar-refractivity contribution is 0.0963. The zero-order chi connectivity index (χ0) is 12.4. The van der Waals surface area contributed by atoms with Gasteiger partial charge in [0, 0.05) is 17.3 Å². The van der Waals surface area contributed by atoms with Crippen LogP contribution in [-0.4, -0.2) is 16.9 Å². The lowest BCUT2D eigenvalue weighted by atomic mass is 10.1. The van der Waals surface area contributed by atoms with Crippen molar-refractivity contribution in [3.63, 3.8) is 0 Å². The maximum absolute atomic E-state index is 11.7. The van der Waals surface area contributed by atoms with E-state index in [1.54, 1.807) is 24.3 Å². The molecule has 0 radical (unpaired) electrons. The van der Waals surface area contributed by atoms with E-state index in [9.17, 15) is 9.59 Å². The van der Waals surface area contributed by atoms with Gasteiger partial charge in [-0.3, -0.25) is 15.1 Å². The van der Waals surface area contributed by atoms with Crippen LogP contribution in [0.3, 0.4) is 0 Å². The molecule has 0 fully saturated rings. The van der Waals surface area contributed by atoms with Crippen molar-refractivity contribution in [3.8, 4) is 0 Å². The van der Waals surface area contributed by atoms with Gasteiger partial charge in [0.1, 0.15) is 5.69 Å². The van der Waals surface area contributed by atoms with Crippen LogP contribution >= 0.6 is 0 Å². The fourth-order valence-corrected chi connectivity index (χ4v) is 1.60. The van der Waals surface area contributed by atoms with E-state index in [0.717, 1.165) is 5.39 Å². The molecule has 2 rings (SSSR count). The summed E-state index contributed by atoms with van der Waals surface area (Å²) in [5, 5.41) is 3.24. The highest BCUT2D eigenvalue weighted by Crippen LogP contribution is 2.23. The number of carbonyl (C=O) groups is 2. The lowest BCUT2D eigenvalue weighted by Gasteiger charge is -2.06. The summed E-state index contributed by atoms with van der Waals surface area (Å²) in [5.74, 6) is -0.666. The maximum atomic E-state index is 11.7. The molecule has 1 aromatic heterocycles. The number of imide groups is 1. The second kappa shape index (κ2) is 4.09. The van der Waals surface area contributed by atoms with Gasteiger partial charge in [-0.2, -0.15) is 0 Å². The largest absolute Gasteiger partial charge is 0.398 e. The fourth-order valence-electron chi connectivity index (χ4n) is 1.60. The number of anilines is 1. The molecule has 2 aromatic rings. The van der Waals surface area contributed by atoms with E-state index >= 15 is 0 Å². The number of pyridine rings is 1. The van der Waals surface area contributed by atoms with Gasteiger partial charge in [-0.1, -0.05) is 12.1 Å². The van der Waals surface area contributed by atoms with E-state index in [-0.39, 0.29) is 5.69 Å². The average molecular weight is 230 g/mol. The second-order valence-corrected chi connectivity index (χ2v) is 3.42. The van der Waals surface area contributed by atoms with Gasteiger partial charge in [-0.05, 0) is 17.5 Å². The topological polar surface area (TPSA) is 111 Å². The number of aromatic nitrogens is 1. The number of hydrogen-bond donors (Lipinski definition) is 3. The zero-order valence-electron chi connectivity index (χ0n) is 8.81. The monoisotopic (exact) mass is 230 g/mol. The first kappa shape index (κ1) is 10.9. The van der Waals surface area contributed by atoms with Crippen LogP contribution in [0.15, 0.2) is 30.5 Å². The zero-order valence-corrected chi connectivity index (χ0v) is 8.81. The van der Waals surface area contributed by atoms with E-state index in [1.807, 2.05) is 5.32 Å². The molecule has 0 aliphatic heterocycles. The summed E-state index contributed by atoms with van der Waals surface area (Å²) in [6.07, 6.45) is 1.47. The number of nitrogen functional groups attached to an aromatic ring is 1. The standard InChI is InChI=1S/C11H10N4O2/c12-7-3-1-2-6-4-5-14-9(8(6)7)10(16)15-11(13)17/h1-5H,12H2,(H3,13,15,16,17). The van der Waals surface area contributed by atoms with Crippen LogP contribution in [0.1, 0.15) is 10.5 Å². The third-order valence-electron chi connectivity index (χ3n) is 2.28. The third-order valence-corrected chi connectivity index (χ3v) is 2.28. The maximum Gasteiger partial charge on any atom is 0.319 e. The Hall–Kier alpha value is -2.63. The van der Waals surface area contributed by atoms with Crippen molar-refractivity contribution >= 4 is 28.4 Å². The summed E-state index contributed by atoms with van der Waals surface area (Å²) in [5.41, 5.74) is 11.2. The van der Waals surface area contributed by atoms with Gasteiger partial charge in [0.25, 0.3) is 5.91 Å². The number of nitrogens with zero attached hydrogens (tertiary/aromatic N) is 1. The number of nitrogens with one attached hydrogen (secondary N) is 1. The molecule has 0 bridgehead atoms. The quantitative estimate of drug-likeness (QED) is 0.623. The van der Waals surface area contributed by atoms with Crippen LogP contribution in [0.2, 0.25) is 0 Å². The number of benzene rings is 1. The summed E-state index contributed by atoms with van der Waals surface area (Å²) in [6, 6.07) is 6.03. The smallest absolute Gasteiger partial charge is 0.319 e. The molecule has 17 heavy (non-hydrogen) atoms. The first-order chi connectivity index (χ1) is 8.09. The number of hydrogen-bond acceptors (Lipinski definition) is 4. The molecule has 6 nitrogen and oxygen atoms in total. The molecular weight excluding hydrogens is 220 g/mol. The fraction of sp³-hybridized carbons (Fsp3) is 0. The van der Waals surface area contributed by atoms with Gasteiger partial charge in [-0.15, -0.1) is 0 Å². The summed E-state index contributed by atoms with van der Waals surface area (Å²) in [4.78, 5) is 26.2. The number of primary amides is 1. The van der Waals surface area contributed by atoms with Crippen molar-refractivity contribution in [2.24, 2.45) is 5.73 Å². The van der Waals surface area contributed by atoms with Crippen molar-refractivity contribution in [2.45, 2.75) is 0 Å². The summed E-state index contributed by atoms with van der Waals surface area (Å²) in [6.45, 7) is 0. The minimum atomic E-state index is -0.927. The molecule has 3 amide bonds. The number of amides is 3. The molecule has 6 heteroatoms. The number of carbonyl (C=O) groups excluding carboxylic acids is 2. The average Bonchev–Trinajstić information content (AvgIpc) is 2.28. The molecule has 0 aliphatic carbocycles. The van der Waals surface area contributed by atoms with Crippen molar-refractivity contribution in [3.05, 3.63) is 36.2 Å². The van der Waals surface area contributed by atoms with E-state index in [1.165, 1.54) is 6.20 Å². The SMILES string of the molecule is NC(=O)NC(=O)c1nccc2cccc(N)c12. The Morgan fingerprint density at radius 1 is 1.24 bits per heavy atom. The molecule has 0 saturated heterocycles.